The first kappa shape index (κ1) is 14.0. The van der Waals surface area contributed by atoms with Crippen molar-refractivity contribution in [1.29, 1.82) is 0 Å². The maximum atomic E-state index is 9.76. The molecule has 4 heteroatoms. The Kier molecular flexibility index (Phi) is 3.90. The molecule has 1 unspecified atom stereocenters. The molecule has 1 atom stereocenters. The van der Waals surface area contributed by atoms with Gasteiger partial charge >= 0.3 is 0 Å². The van der Waals surface area contributed by atoms with Crippen LogP contribution in [0, 0.1) is 0 Å². The van der Waals surface area contributed by atoms with Crippen LogP contribution in [-0.2, 0) is 0 Å². The average Bonchev–Trinajstić information content (AvgIpc) is 2.48. The molecule has 1 N–H and O–H groups in total. The Morgan fingerprint density at radius 2 is 1.86 bits per heavy atom. The molecule has 3 aromatic rings. The molecular formula is C17H14BrNO2. The summed E-state index contributed by atoms with van der Waals surface area (Å²) in [6.45, 7) is 1.70. The fourth-order valence-electron chi connectivity index (χ4n) is 2.18. The number of aliphatic hydroxyl groups is 1. The number of ether oxygens (including phenoxy) is 1. The van der Waals surface area contributed by atoms with Crippen LogP contribution in [0.25, 0.3) is 10.8 Å². The van der Waals surface area contributed by atoms with Gasteiger partial charge in [-0.1, -0.05) is 28.1 Å². The summed E-state index contributed by atoms with van der Waals surface area (Å²) >= 11 is 3.46. The van der Waals surface area contributed by atoms with Gasteiger partial charge in [0.15, 0.2) is 0 Å². The lowest BCUT2D eigenvalue weighted by molar-refractivity contribution is 0.194. The second-order valence-corrected chi connectivity index (χ2v) is 5.74. The lowest BCUT2D eigenvalue weighted by atomic mass is 10.1. The minimum absolute atomic E-state index is 0.434. The molecule has 3 nitrogen and oxygen atoms in total. The van der Waals surface area contributed by atoms with E-state index >= 15 is 0 Å². The number of halogens is 1. The molecule has 2 aromatic carbocycles. The summed E-state index contributed by atoms with van der Waals surface area (Å²) in [5, 5.41) is 12.0. The van der Waals surface area contributed by atoms with Gasteiger partial charge in [0.2, 0.25) is 5.88 Å². The Labute approximate surface area is 131 Å². The highest BCUT2D eigenvalue weighted by Crippen LogP contribution is 2.30. The molecule has 0 amide bonds. The van der Waals surface area contributed by atoms with Crippen molar-refractivity contribution in [3.05, 3.63) is 64.8 Å². The van der Waals surface area contributed by atoms with Crippen molar-refractivity contribution < 1.29 is 9.84 Å². The fraction of sp³-hybridized carbons (Fsp3) is 0.118. The van der Waals surface area contributed by atoms with Crippen LogP contribution in [0.5, 0.6) is 11.6 Å². The molecule has 0 radical (unpaired) electrons. The second-order valence-electron chi connectivity index (χ2n) is 4.83. The van der Waals surface area contributed by atoms with Crippen molar-refractivity contribution in [3.8, 4) is 11.6 Å². The third-order valence-electron chi connectivity index (χ3n) is 3.24. The van der Waals surface area contributed by atoms with Crippen molar-refractivity contribution in [2.75, 3.05) is 0 Å². The Morgan fingerprint density at radius 1 is 1.10 bits per heavy atom. The molecule has 106 valence electrons. The van der Waals surface area contributed by atoms with Gasteiger partial charge in [-0.2, -0.15) is 0 Å². The van der Waals surface area contributed by atoms with Gasteiger partial charge in [0.1, 0.15) is 5.75 Å². The van der Waals surface area contributed by atoms with Crippen LogP contribution < -0.4 is 4.74 Å². The number of pyridine rings is 1. The molecule has 0 spiro atoms. The number of benzene rings is 2. The smallest absolute Gasteiger partial charge is 0.225 e. The molecule has 3 rings (SSSR count). The molecule has 0 aliphatic carbocycles. The predicted molar refractivity (Wildman–Crippen MR) is 86.6 cm³/mol. The summed E-state index contributed by atoms with van der Waals surface area (Å²) in [6.07, 6.45) is 1.03. The van der Waals surface area contributed by atoms with Gasteiger partial charge in [-0.15, -0.1) is 0 Å². The van der Waals surface area contributed by atoms with E-state index in [2.05, 4.69) is 27.0 Å². The molecule has 21 heavy (non-hydrogen) atoms. The first-order valence-electron chi connectivity index (χ1n) is 6.63. The highest BCUT2D eigenvalue weighted by Gasteiger charge is 2.11. The summed E-state index contributed by atoms with van der Waals surface area (Å²) in [5.41, 5.74) is 0.674. The maximum absolute atomic E-state index is 9.76. The summed E-state index contributed by atoms with van der Waals surface area (Å²) in [7, 11) is 0. The van der Waals surface area contributed by atoms with Gasteiger partial charge in [0, 0.05) is 16.2 Å². The Morgan fingerprint density at radius 3 is 2.67 bits per heavy atom. The number of rotatable bonds is 3. The van der Waals surface area contributed by atoms with Crippen molar-refractivity contribution in [2.45, 2.75) is 13.0 Å². The van der Waals surface area contributed by atoms with Gasteiger partial charge in [0.25, 0.3) is 0 Å². The molecule has 0 saturated carbocycles. The van der Waals surface area contributed by atoms with E-state index in [0.29, 0.717) is 17.2 Å². The van der Waals surface area contributed by atoms with E-state index in [9.17, 15) is 5.11 Å². The maximum Gasteiger partial charge on any atom is 0.225 e. The van der Waals surface area contributed by atoms with Crippen LogP contribution in [-0.4, -0.2) is 10.1 Å². The SMILES string of the molecule is CC(O)c1cccnc1Oc1ccc2cc(Br)ccc2c1. The largest absolute Gasteiger partial charge is 0.439 e. The van der Waals surface area contributed by atoms with Gasteiger partial charge < -0.3 is 9.84 Å². The first-order valence-corrected chi connectivity index (χ1v) is 7.43. The highest BCUT2D eigenvalue weighted by atomic mass is 79.9. The van der Waals surface area contributed by atoms with Crippen LogP contribution >= 0.6 is 15.9 Å². The number of fused-ring (bicyclic) bond motifs is 1. The molecule has 0 aliphatic heterocycles. The number of nitrogens with zero attached hydrogens (tertiary/aromatic N) is 1. The number of hydrogen-bond donors (Lipinski definition) is 1. The zero-order valence-corrected chi connectivity index (χ0v) is 13.0. The monoisotopic (exact) mass is 343 g/mol. The molecule has 1 heterocycles. The van der Waals surface area contributed by atoms with E-state index in [1.807, 2.05) is 36.4 Å². The number of aliphatic hydroxyl groups excluding tert-OH is 1. The van der Waals surface area contributed by atoms with E-state index in [1.54, 1.807) is 19.2 Å². The fourth-order valence-corrected chi connectivity index (χ4v) is 2.56. The Bertz CT molecular complexity index is 787. The number of hydrogen-bond acceptors (Lipinski definition) is 3. The summed E-state index contributed by atoms with van der Waals surface area (Å²) < 4.78 is 6.87. The van der Waals surface area contributed by atoms with E-state index in [1.165, 1.54) is 0 Å². The van der Waals surface area contributed by atoms with Crippen molar-refractivity contribution in [2.24, 2.45) is 0 Å². The lowest BCUT2D eigenvalue weighted by Crippen LogP contribution is -1.98. The van der Waals surface area contributed by atoms with Gasteiger partial charge in [-0.3, -0.25) is 0 Å². The zero-order chi connectivity index (χ0) is 14.8. The van der Waals surface area contributed by atoms with Crippen LogP contribution in [0.15, 0.2) is 59.2 Å². The number of aromatic nitrogens is 1. The van der Waals surface area contributed by atoms with Gasteiger partial charge in [-0.05, 0) is 54.1 Å². The molecule has 0 saturated heterocycles. The molecule has 1 aromatic heterocycles. The summed E-state index contributed by atoms with van der Waals surface area (Å²) in [4.78, 5) is 4.20. The standard InChI is InChI=1S/C17H14BrNO2/c1-11(20)16-3-2-8-19-17(16)21-15-7-5-12-9-14(18)6-4-13(12)10-15/h2-11,20H,1H3. The van der Waals surface area contributed by atoms with Crippen molar-refractivity contribution in [1.82, 2.24) is 4.98 Å². The average molecular weight is 344 g/mol. The van der Waals surface area contributed by atoms with E-state index in [4.69, 9.17) is 4.74 Å². The molecule has 0 fully saturated rings. The van der Waals surface area contributed by atoms with Crippen molar-refractivity contribution in [3.63, 3.8) is 0 Å². The lowest BCUT2D eigenvalue weighted by Gasteiger charge is -2.12. The minimum Gasteiger partial charge on any atom is -0.439 e. The van der Waals surface area contributed by atoms with Crippen LogP contribution in [0.3, 0.4) is 0 Å². The quantitative estimate of drug-likeness (QED) is 0.739. The Balaban J connectivity index is 1.97. The zero-order valence-electron chi connectivity index (χ0n) is 11.5. The normalized spacial score (nSPS) is 12.3. The Hall–Kier alpha value is -1.91. The van der Waals surface area contributed by atoms with Gasteiger partial charge in [-0.25, -0.2) is 4.98 Å². The van der Waals surface area contributed by atoms with Crippen LogP contribution in [0.2, 0.25) is 0 Å². The third-order valence-corrected chi connectivity index (χ3v) is 3.73. The van der Waals surface area contributed by atoms with Crippen molar-refractivity contribution >= 4 is 26.7 Å². The summed E-state index contributed by atoms with van der Waals surface area (Å²) in [6, 6.07) is 15.5. The van der Waals surface area contributed by atoms with E-state index in [-0.39, 0.29) is 0 Å². The van der Waals surface area contributed by atoms with E-state index in [0.717, 1.165) is 15.2 Å². The van der Waals surface area contributed by atoms with Crippen LogP contribution in [0.4, 0.5) is 0 Å². The van der Waals surface area contributed by atoms with Crippen LogP contribution in [0.1, 0.15) is 18.6 Å². The van der Waals surface area contributed by atoms with Gasteiger partial charge in [0.05, 0.1) is 6.10 Å². The molecule has 0 bridgehead atoms. The topological polar surface area (TPSA) is 42.4 Å². The molecular weight excluding hydrogens is 330 g/mol. The minimum atomic E-state index is -0.620. The third kappa shape index (κ3) is 3.06. The highest BCUT2D eigenvalue weighted by molar-refractivity contribution is 9.10. The first-order chi connectivity index (χ1) is 10.1. The summed E-state index contributed by atoms with van der Waals surface area (Å²) in [5.74, 6) is 1.13. The molecule has 0 aliphatic rings. The predicted octanol–water partition coefficient (Wildman–Crippen LogP) is 4.84. The van der Waals surface area contributed by atoms with E-state index < -0.39 is 6.10 Å². The second kappa shape index (κ2) is 5.84.